The van der Waals surface area contributed by atoms with Crippen molar-refractivity contribution in [3.05, 3.63) is 39.9 Å². The Balaban J connectivity index is 2.59. The van der Waals surface area contributed by atoms with Crippen molar-refractivity contribution in [2.24, 2.45) is 0 Å². The van der Waals surface area contributed by atoms with E-state index >= 15 is 0 Å². The minimum absolute atomic E-state index is 0.0763. The van der Waals surface area contributed by atoms with E-state index in [9.17, 15) is 4.79 Å². The van der Waals surface area contributed by atoms with E-state index in [-0.39, 0.29) is 10.6 Å². The predicted octanol–water partition coefficient (Wildman–Crippen LogP) is 3.03. The first kappa shape index (κ1) is 11.6. The quantitative estimate of drug-likeness (QED) is 0.905. The summed E-state index contributed by atoms with van der Waals surface area (Å²) in [5, 5.41) is 18.6. The molecule has 0 aliphatic carbocycles. The smallest absolute Gasteiger partial charge is 0.356 e. The van der Waals surface area contributed by atoms with Gasteiger partial charge in [0.1, 0.15) is 16.0 Å². The van der Waals surface area contributed by atoms with Gasteiger partial charge in [0.25, 0.3) is 0 Å². The minimum Gasteiger partial charge on any atom is -0.476 e. The summed E-state index contributed by atoms with van der Waals surface area (Å²) in [7, 11) is 0. The molecule has 2 aromatic rings. The molecule has 6 heteroatoms. The molecule has 0 radical (unpaired) electrons. The summed E-state index contributed by atoms with van der Waals surface area (Å²) in [6.45, 7) is 0. The maximum atomic E-state index is 10.9. The van der Waals surface area contributed by atoms with Crippen molar-refractivity contribution in [3.63, 3.8) is 0 Å². The molecule has 0 fully saturated rings. The van der Waals surface area contributed by atoms with Crippen LogP contribution in [0.1, 0.15) is 15.4 Å². The van der Waals surface area contributed by atoms with Crippen LogP contribution in [0.3, 0.4) is 0 Å². The SMILES string of the molecule is N#Cc1sc(-c2ccccc2Cl)nc1C(=O)O. The van der Waals surface area contributed by atoms with Gasteiger partial charge in [0.05, 0.1) is 5.02 Å². The standard InChI is InChI=1S/C11H5ClN2O2S/c12-7-4-2-1-3-6(7)10-14-9(11(15)16)8(5-13)17-10/h1-4H,(H,15,16). The van der Waals surface area contributed by atoms with Crippen LogP contribution < -0.4 is 0 Å². The summed E-state index contributed by atoms with van der Waals surface area (Å²) < 4.78 is 0. The first-order valence-corrected chi connectivity index (χ1v) is 5.72. The molecule has 84 valence electrons. The van der Waals surface area contributed by atoms with E-state index in [2.05, 4.69) is 4.98 Å². The molecule has 17 heavy (non-hydrogen) atoms. The van der Waals surface area contributed by atoms with Crippen molar-refractivity contribution in [2.75, 3.05) is 0 Å². The van der Waals surface area contributed by atoms with E-state index in [1.165, 1.54) is 0 Å². The van der Waals surface area contributed by atoms with Crippen LogP contribution in [0.2, 0.25) is 5.02 Å². The lowest BCUT2D eigenvalue weighted by Crippen LogP contribution is -1.98. The summed E-state index contributed by atoms with van der Waals surface area (Å²) in [5.74, 6) is -1.21. The predicted molar refractivity (Wildman–Crippen MR) is 64.2 cm³/mol. The van der Waals surface area contributed by atoms with Gasteiger partial charge in [-0.2, -0.15) is 5.26 Å². The lowest BCUT2D eigenvalue weighted by molar-refractivity contribution is 0.0691. The van der Waals surface area contributed by atoms with Gasteiger partial charge in [0.2, 0.25) is 0 Å². The molecule has 0 aliphatic rings. The number of nitrogens with zero attached hydrogens (tertiary/aromatic N) is 2. The second kappa shape index (κ2) is 4.53. The highest BCUT2D eigenvalue weighted by atomic mass is 35.5. The van der Waals surface area contributed by atoms with E-state index < -0.39 is 5.97 Å². The number of aromatic nitrogens is 1. The van der Waals surface area contributed by atoms with E-state index in [0.717, 1.165) is 11.3 Å². The van der Waals surface area contributed by atoms with Crippen molar-refractivity contribution in [3.8, 4) is 16.6 Å². The Morgan fingerprint density at radius 2 is 2.18 bits per heavy atom. The number of hydrogen-bond acceptors (Lipinski definition) is 4. The molecule has 1 aromatic carbocycles. The molecule has 0 bridgehead atoms. The van der Waals surface area contributed by atoms with E-state index in [0.29, 0.717) is 15.6 Å². The zero-order valence-electron chi connectivity index (χ0n) is 8.35. The molecule has 0 atom stereocenters. The molecule has 0 amide bonds. The summed E-state index contributed by atoms with van der Waals surface area (Å²) in [6.07, 6.45) is 0. The molecule has 1 aromatic heterocycles. The van der Waals surface area contributed by atoms with Gasteiger partial charge in [-0.3, -0.25) is 0 Å². The molecule has 0 saturated carbocycles. The van der Waals surface area contributed by atoms with Crippen LogP contribution in [0.4, 0.5) is 0 Å². The van der Waals surface area contributed by atoms with Gasteiger partial charge in [-0.1, -0.05) is 29.8 Å². The normalized spacial score (nSPS) is 9.88. The van der Waals surface area contributed by atoms with Crippen molar-refractivity contribution in [1.82, 2.24) is 4.98 Å². The van der Waals surface area contributed by atoms with Gasteiger partial charge >= 0.3 is 5.97 Å². The maximum absolute atomic E-state index is 10.9. The molecule has 1 heterocycles. The van der Waals surface area contributed by atoms with Crippen molar-refractivity contribution in [2.45, 2.75) is 0 Å². The number of hydrogen-bond donors (Lipinski definition) is 1. The fourth-order valence-electron chi connectivity index (χ4n) is 1.29. The molecule has 4 nitrogen and oxygen atoms in total. The third kappa shape index (κ3) is 2.13. The fourth-order valence-corrected chi connectivity index (χ4v) is 2.47. The number of nitriles is 1. The third-order valence-corrected chi connectivity index (χ3v) is 3.36. The van der Waals surface area contributed by atoms with Crippen molar-refractivity contribution >= 4 is 28.9 Å². The van der Waals surface area contributed by atoms with E-state index in [4.69, 9.17) is 22.0 Å². The Morgan fingerprint density at radius 3 is 2.71 bits per heavy atom. The van der Waals surface area contributed by atoms with E-state index in [1.54, 1.807) is 24.3 Å². The Hall–Kier alpha value is -1.90. The van der Waals surface area contributed by atoms with Gasteiger partial charge < -0.3 is 5.11 Å². The minimum atomic E-state index is -1.21. The number of carbonyl (C=O) groups is 1. The van der Waals surface area contributed by atoms with Gasteiger partial charge in [0, 0.05) is 5.56 Å². The number of thiazole rings is 1. The van der Waals surface area contributed by atoms with Crippen LogP contribution >= 0.6 is 22.9 Å². The molecular weight excluding hydrogens is 260 g/mol. The molecule has 0 saturated heterocycles. The van der Waals surface area contributed by atoms with Crippen LogP contribution in [0.25, 0.3) is 10.6 Å². The second-order valence-electron chi connectivity index (χ2n) is 3.09. The molecule has 0 aliphatic heterocycles. The molecule has 1 N–H and O–H groups in total. The molecule has 0 unspecified atom stereocenters. The monoisotopic (exact) mass is 264 g/mol. The Morgan fingerprint density at radius 1 is 1.47 bits per heavy atom. The average molecular weight is 265 g/mol. The Bertz CT molecular complexity index is 631. The number of halogens is 1. The van der Waals surface area contributed by atoms with Crippen LogP contribution in [0, 0.1) is 11.3 Å². The number of rotatable bonds is 2. The molecule has 0 spiro atoms. The lowest BCUT2D eigenvalue weighted by Gasteiger charge is -1.97. The maximum Gasteiger partial charge on any atom is 0.356 e. The zero-order valence-corrected chi connectivity index (χ0v) is 9.92. The number of carboxylic acids is 1. The highest BCUT2D eigenvalue weighted by Crippen LogP contribution is 2.32. The Kier molecular flexibility index (Phi) is 3.09. The summed E-state index contributed by atoms with van der Waals surface area (Å²) in [5.41, 5.74) is 0.399. The lowest BCUT2D eigenvalue weighted by atomic mass is 10.2. The van der Waals surface area contributed by atoms with Gasteiger partial charge in [-0.05, 0) is 6.07 Å². The summed E-state index contributed by atoms with van der Waals surface area (Å²) in [6, 6.07) is 8.77. The first-order valence-electron chi connectivity index (χ1n) is 4.52. The summed E-state index contributed by atoms with van der Waals surface area (Å²) in [4.78, 5) is 14.9. The Labute approximate surface area is 106 Å². The van der Waals surface area contributed by atoms with Gasteiger partial charge in [-0.15, -0.1) is 11.3 Å². The van der Waals surface area contributed by atoms with Crippen molar-refractivity contribution < 1.29 is 9.90 Å². The molecular formula is C11H5ClN2O2S. The van der Waals surface area contributed by atoms with Gasteiger partial charge in [0.15, 0.2) is 5.69 Å². The van der Waals surface area contributed by atoms with Crippen LogP contribution in [-0.4, -0.2) is 16.1 Å². The van der Waals surface area contributed by atoms with Gasteiger partial charge in [-0.25, -0.2) is 9.78 Å². The number of aromatic carboxylic acids is 1. The molecule has 2 rings (SSSR count). The van der Waals surface area contributed by atoms with Crippen LogP contribution in [0.5, 0.6) is 0 Å². The first-order chi connectivity index (χ1) is 8.13. The summed E-state index contributed by atoms with van der Waals surface area (Å²) >= 11 is 7.00. The number of benzene rings is 1. The van der Waals surface area contributed by atoms with Crippen molar-refractivity contribution in [1.29, 1.82) is 5.26 Å². The van der Waals surface area contributed by atoms with Crippen LogP contribution in [-0.2, 0) is 0 Å². The average Bonchev–Trinajstić information content (AvgIpc) is 2.73. The third-order valence-electron chi connectivity index (χ3n) is 2.04. The highest BCUT2D eigenvalue weighted by molar-refractivity contribution is 7.15. The zero-order chi connectivity index (χ0) is 12.4. The van der Waals surface area contributed by atoms with E-state index in [1.807, 2.05) is 6.07 Å². The van der Waals surface area contributed by atoms with Crippen LogP contribution in [0.15, 0.2) is 24.3 Å². The topological polar surface area (TPSA) is 74.0 Å². The highest BCUT2D eigenvalue weighted by Gasteiger charge is 2.18. The number of carboxylic acid groups (broad SMARTS) is 1. The largest absolute Gasteiger partial charge is 0.476 e. The second-order valence-corrected chi connectivity index (χ2v) is 4.50. The fraction of sp³-hybridized carbons (Fsp3) is 0.